The van der Waals surface area contributed by atoms with Crippen molar-refractivity contribution in [3.63, 3.8) is 0 Å². The van der Waals surface area contributed by atoms with Crippen molar-refractivity contribution >= 4 is 10.9 Å². The van der Waals surface area contributed by atoms with Crippen LogP contribution in [0.4, 0.5) is 0 Å². The van der Waals surface area contributed by atoms with Crippen LogP contribution < -0.4 is 4.74 Å². The van der Waals surface area contributed by atoms with Crippen molar-refractivity contribution in [3.05, 3.63) is 65.9 Å². The molecule has 0 aliphatic carbocycles. The molecule has 0 fully saturated rings. The van der Waals surface area contributed by atoms with E-state index in [4.69, 9.17) is 4.74 Å². The summed E-state index contributed by atoms with van der Waals surface area (Å²) in [5, 5.41) is 1.32. The third-order valence-corrected chi connectivity index (χ3v) is 3.52. The molecule has 0 spiro atoms. The lowest BCUT2D eigenvalue weighted by Crippen LogP contribution is -1.98. The normalized spacial score (nSPS) is 10.8. The van der Waals surface area contributed by atoms with Crippen molar-refractivity contribution in [2.75, 3.05) is 7.11 Å². The maximum Gasteiger partial charge on any atom is 0.119 e. The summed E-state index contributed by atoms with van der Waals surface area (Å²) in [5.74, 6) is 0.908. The third-order valence-electron chi connectivity index (χ3n) is 3.52. The predicted octanol–water partition coefficient (Wildman–Crippen LogP) is 4.01. The molecule has 0 aliphatic rings. The van der Waals surface area contributed by atoms with E-state index < -0.39 is 0 Å². The number of nitrogens with zero attached hydrogens (tertiary/aromatic N) is 1. The second kappa shape index (κ2) is 4.81. The maximum absolute atomic E-state index is 5.27. The van der Waals surface area contributed by atoms with E-state index in [1.807, 2.05) is 12.1 Å². The van der Waals surface area contributed by atoms with Gasteiger partial charge >= 0.3 is 0 Å². The van der Waals surface area contributed by atoms with Crippen molar-refractivity contribution in [1.82, 2.24) is 4.57 Å². The molecule has 0 unspecified atom stereocenters. The van der Waals surface area contributed by atoms with Crippen LogP contribution in [0.15, 0.2) is 54.7 Å². The molecule has 0 amide bonds. The molecule has 0 aliphatic heterocycles. The third kappa shape index (κ3) is 2.22. The minimum absolute atomic E-state index is 0.865. The van der Waals surface area contributed by atoms with Gasteiger partial charge in [0.25, 0.3) is 0 Å². The van der Waals surface area contributed by atoms with E-state index in [0.717, 1.165) is 12.3 Å². The molecule has 0 atom stereocenters. The van der Waals surface area contributed by atoms with Gasteiger partial charge in [-0.05, 0) is 42.3 Å². The fourth-order valence-corrected chi connectivity index (χ4v) is 2.48. The molecular formula is C17H17NO. The summed E-state index contributed by atoms with van der Waals surface area (Å²) in [5.41, 5.74) is 3.85. The van der Waals surface area contributed by atoms with Gasteiger partial charge in [0.15, 0.2) is 0 Å². The SMILES string of the molecule is COc1cccc(Cn2ccc3c(C)cccc32)c1. The van der Waals surface area contributed by atoms with Gasteiger partial charge in [0.1, 0.15) is 5.75 Å². The number of rotatable bonds is 3. The summed E-state index contributed by atoms with van der Waals surface area (Å²) in [7, 11) is 1.70. The second-order valence-electron chi connectivity index (χ2n) is 4.80. The Kier molecular flexibility index (Phi) is 3.00. The van der Waals surface area contributed by atoms with Gasteiger partial charge in [0, 0.05) is 23.6 Å². The molecule has 2 nitrogen and oxygen atoms in total. The quantitative estimate of drug-likeness (QED) is 0.686. The molecule has 0 saturated carbocycles. The Morgan fingerprint density at radius 1 is 1.05 bits per heavy atom. The highest BCUT2D eigenvalue weighted by atomic mass is 16.5. The number of benzene rings is 2. The monoisotopic (exact) mass is 251 g/mol. The topological polar surface area (TPSA) is 14.2 Å². The van der Waals surface area contributed by atoms with Crippen LogP contribution in [0.5, 0.6) is 5.75 Å². The fourth-order valence-electron chi connectivity index (χ4n) is 2.48. The Morgan fingerprint density at radius 3 is 2.74 bits per heavy atom. The Morgan fingerprint density at radius 2 is 1.89 bits per heavy atom. The molecule has 2 aromatic carbocycles. The maximum atomic E-state index is 5.27. The van der Waals surface area contributed by atoms with Crippen LogP contribution in [0.3, 0.4) is 0 Å². The highest BCUT2D eigenvalue weighted by Gasteiger charge is 2.04. The lowest BCUT2D eigenvalue weighted by atomic mass is 10.1. The van der Waals surface area contributed by atoms with Crippen LogP contribution in [0.1, 0.15) is 11.1 Å². The van der Waals surface area contributed by atoms with Gasteiger partial charge in [-0.1, -0.05) is 24.3 Å². The summed E-state index contributed by atoms with van der Waals surface area (Å²) in [4.78, 5) is 0. The lowest BCUT2D eigenvalue weighted by molar-refractivity contribution is 0.414. The Labute approximate surface area is 113 Å². The van der Waals surface area contributed by atoms with Crippen LogP contribution >= 0.6 is 0 Å². The summed E-state index contributed by atoms with van der Waals surface area (Å²) < 4.78 is 7.55. The smallest absolute Gasteiger partial charge is 0.119 e. The molecule has 1 aromatic heterocycles. The Hall–Kier alpha value is -2.22. The van der Waals surface area contributed by atoms with Crippen LogP contribution in [0.2, 0.25) is 0 Å². The van der Waals surface area contributed by atoms with Gasteiger partial charge in [0.2, 0.25) is 0 Å². The number of fused-ring (bicyclic) bond motifs is 1. The summed E-state index contributed by atoms with van der Waals surface area (Å²) in [6.07, 6.45) is 2.15. The number of aryl methyl sites for hydroxylation is 1. The summed E-state index contributed by atoms with van der Waals surface area (Å²) in [6.45, 7) is 3.02. The van der Waals surface area contributed by atoms with Crippen LogP contribution in [0.25, 0.3) is 10.9 Å². The van der Waals surface area contributed by atoms with Crippen LogP contribution in [-0.2, 0) is 6.54 Å². The standard InChI is InChI=1S/C17H17NO/c1-13-5-3-8-17-16(13)9-10-18(17)12-14-6-4-7-15(11-14)19-2/h3-11H,12H2,1-2H3. The zero-order valence-electron chi connectivity index (χ0n) is 11.3. The van der Waals surface area contributed by atoms with E-state index in [1.165, 1.54) is 22.0 Å². The first kappa shape index (κ1) is 11.8. The highest BCUT2D eigenvalue weighted by molar-refractivity contribution is 5.83. The molecule has 19 heavy (non-hydrogen) atoms. The molecule has 0 saturated heterocycles. The van der Waals surface area contributed by atoms with E-state index in [2.05, 4.69) is 54.1 Å². The molecule has 3 rings (SSSR count). The lowest BCUT2D eigenvalue weighted by Gasteiger charge is -2.08. The fraction of sp³-hybridized carbons (Fsp3) is 0.176. The predicted molar refractivity (Wildman–Crippen MR) is 78.8 cm³/mol. The Balaban J connectivity index is 1.99. The number of hydrogen-bond acceptors (Lipinski definition) is 1. The molecule has 3 aromatic rings. The summed E-state index contributed by atoms with van der Waals surface area (Å²) >= 11 is 0. The average Bonchev–Trinajstić information content (AvgIpc) is 2.84. The largest absolute Gasteiger partial charge is 0.497 e. The number of hydrogen-bond donors (Lipinski definition) is 0. The molecule has 96 valence electrons. The van der Waals surface area contributed by atoms with Crippen molar-refractivity contribution < 1.29 is 4.74 Å². The second-order valence-corrected chi connectivity index (χ2v) is 4.80. The highest BCUT2D eigenvalue weighted by Crippen LogP contribution is 2.21. The first-order valence-corrected chi connectivity index (χ1v) is 6.45. The number of ether oxygens (including phenoxy) is 1. The van der Waals surface area contributed by atoms with Gasteiger partial charge in [-0.3, -0.25) is 0 Å². The molecule has 1 heterocycles. The molecule has 0 radical (unpaired) electrons. The van der Waals surface area contributed by atoms with Gasteiger partial charge in [-0.25, -0.2) is 0 Å². The van der Waals surface area contributed by atoms with Gasteiger partial charge < -0.3 is 9.30 Å². The molecule has 0 bridgehead atoms. The van der Waals surface area contributed by atoms with E-state index in [1.54, 1.807) is 7.11 Å². The van der Waals surface area contributed by atoms with Crippen LogP contribution in [-0.4, -0.2) is 11.7 Å². The van der Waals surface area contributed by atoms with Crippen LogP contribution in [0, 0.1) is 6.92 Å². The van der Waals surface area contributed by atoms with Crippen molar-refractivity contribution in [3.8, 4) is 5.75 Å². The zero-order chi connectivity index (χ0) is 13.2. The van der Waals surface area contributed by atoms with Crippen molar-refractivity contribution in [2.24, 2.45) is 0 Å². The first-order valence-electron chi connectivity index (χ1n) is 6.45. The van der Waals surface area contributed by atoms with E-state index in [-0.39, 0.29) is 0 Å². The first-order chi connectivity index (χ1) is 9.28. The van der Waals surface area contributed by atoms with Gasteiger partial charge in [-0.2, -0.15) is 0 Å². The number of aromatic nitrogens is 1. The van der Waals surface area contributed by atoms with Crippen molar-refractivity contribution in [2.45, 2.75) is 13.5 Å². The zero-order valence-corrected chi connectivity index (χ0v) is 11.3. The van der Waals surface area contributed by atoms with Gasteiger partial charge in [0.05, 0.1) is 7.11 Å². The molecule has 2 heteroatoms. The number of methoxy groups -OCH3 is 1. The molecular weight excluding hydrogens is 234 g/mol. The Bertz CT molecular complexity index is 712. The average molecular weight is 251 g/mol. The minimum atomic E-state index is 0.865. The van der Waals surface area contributed by atoms with E-state index in [0.29, 0.717) is 0 Å². The minimum Gasteiger partial charge on any atom is -0.497 e. The van der Waals surface area contributed by atoms with Gasteiger partial charge in [-0.15, -0.1) is 0 Å². The van der Waals surface area contributed by atoms with E-state index >= 15 is 0 Å². The van der Waals surface area contributed by atoms with E-state index in [9.17, 15) is 0 Å². The molecule has 0 N–H and O–H groups in total. The van der Waals surface area contributed by atoms with Crippen molar-refractivity contribution in [1.29, 1.82) is 0 Å². The summed E-state index contributed by atoms with van der Waals surface area (Å²) in [6, 6.07) is 16.8.